The average molecular weight is 313 g/mol. The first kappa shape index (κ1) is 15.5. The van der Waals surface area contributed by atoms with Crippen LogP contribution in [0.25, 0.3) is 0 Å². The van der Waals surface area contributed by atoms with Gasteiger partial charge in [0.05, 0.1) is 0 Å². The molecule has 0 aliphatic heterocycles. The molecule has 110 valence electrons. The van der Waals surface area contributed by atoms with Crippen molar-refractivity contribution in [3.63, 3.8) is 0 Å². The van der Waals surface area contributed by atoms with Gasteiger partial charge in [0.1, 0.15) is 0 Å². The van der Waals surface area contributed by atoms with Gasteiger partial charge in [0, 0.05) is 21.6 Å². The highest BCUT2D eigenvalue weighted by atomic mass is 35.5. The van der Waals surface area contributed by atoms with Crippen LogP contribution < -0.4 is 5.73 Å². The monoisotopic (exact) mass is 312 g/mol. The highest BCUT2D eigenvalue weighted by molar-refractivity contribution is 7.99. The van der Waals surface area contributed by atoms with E-state index >= 15 is 0 Å². The molecule has 0 spiro atoms. The molecule has 0 saturated heterocycles. The van der Waals surface area contributed by atoms with Crippen molar-refractivity contribution in [2.75, 3.05) is 0 Å². The van der Waals surface area contributed by atoms with Crippen LogP contribution in [-0.2, 0) is 5.75 Å². The van der Waals surface area contributed by atoms with Gasteiger partial charge in [0.25, 0.3) is 0 Å². The summed E-state index contributed by atoms with van der Waals surface area (Å²) in [5.41, 5.74) is 7.32. The highest BCUT2D eigenvalue weighted by Crippen LogP contribution is 2.34. The summed E-state index contributed by atoms with van der Waals surface area (Å²) in [5, 5.41) is 13.1. The Bertz CT molecular complexity index is 493. The SMILES string of the molecule is CC1CCCC(SCc2ccc(/C(N)=N/O)cc2Cl)C1. The largest absolute Gasteiger partial charge is 0.409 e. The topological polar surface area (TPSA) is 58.6 Å². The first-order chi connectivity index (χ1) is 9.60. The van der Waals surface area contributed by atoms with E-state index in [0.29, 0.717) is 10.6 Å². The Balaban J connectivity index is 1.96. The number of nitrogens with two attached hydrogens (primary N) is 1. The number of thioether (sulfide) groups is 1. The van der Waals surface area contributed by atoms with Gasteiger partial charge >= 0.3 is 0 Å². The normalized spacial score (nSPS) is 23.8. The Morgan fingerprint density at radius 1 is 1.50 bits per heavy atom. The molecule has 2 unspecified atom stereocenters. The summed E-state index contributed by atoms with van der Waals surface area (Å²) in [7, 11) is 0. The van der Waals surface area contributed by atoms with Crippen molar-refractivity contribution >= 4 is 29.2 Å². The number of halogens is 1. The van der Waals surface area contributed by atoms with Gasteiger partial charge in [0.2, 0.25) is 0 Å². The molecule has 0 amide bonds. The minimum absolute atomic E-state index is 0.0900. The van der Waals surface area contributed by atoms with Gasteiger partial charge in [-0.05, 0) is 30.4 Å². The molecule has 0 heterocycles. The summed E-state index contributed by atoms with van der Waals surface area (Å²) >= 11 is 8.26. The third kappa shape index (κ3) is 4.06. The second-order valence-electron chi connectivity index (χ2n) is 5.50. The first-order valence-corrected chi connectivity index (χ1v) is 8.40. The van der Waals surface area contributed by atoms with E-state index < -0.39 is 0 Å². The zero-order chi connectivity index (χ0) is 14.5. The molecule has 20 heavy (non-hydrogen) atoms. The fraction of sp³-hybridized carbons (Fsp3) is 0.533. The molecule has 3 nitrogen and oxygen atoms in total. The van der Waals surface area contributed by atoms with E-state index in [1.165, 1.54) is 25.7 Å². The number of oxime groups is 1. The second kappa shape index (κ2) is 7.23. The lowest BCUT2D eigenvalue weighted by atomic mass is 9.91. The Hall–Kier alpha value is -0.870. The van der Waals surface area contributed by atoms with Crippen molar-refractivity contribution < 1.29 is 5.21 Å². The lowest BCUT2D eigenvalue weighted by Crippen LogP contribution is -2.15. The first-order valence-electron chi connectivity index (χ1n) is 6.98. The molecule has 2 atom stereocenters. The molecule has 0 aromatic heterocycles. The third-order valence-electron chi connectivity index (χ3n) is 3.82. The summed E-state index contributed by atoms with van der Waals surface area (Å²) in [6.45, 7) is 2.34. The molecule has 2 rings (SSSR count). The van der Waals surface area contributed by atoms with Crippen molar-refractivity contribution in [2.24, 2.45) is 16.8 Å². The minimum atomic E-state index is 0.0900. The number of hydrogen-bond donors (Lipinski definition) is 2. The predicted molar refractivity (Wildman–Crippen MR) is 86.7 cm³/mol. The van der Waals surface area contributed by atoms with Gasteiger partial charge in [-0.3, -0.25) is 0 Å². The quantitative estimate of drug-likeness (QED) is 0.378. The van der Waals surface area contributed by atoms with Gasteiger partial charge in [-0.25, -0.2) is 0 Å². The van der Waals surface area contributed by atoms with Crippen LogP contribution in [0.15, 0.2) is 23.4 Å². The number of nitrogens with zero attached hydrogens (tertiary/aromatic N) is 1. The van der Waals surface area contributed by atoms with Crippen molar-refractivity contribution in [2.45, 2.75) is 43.6 Å². The van der Waals surface area contributed by atoms with E-state index in [4.69, 9.17) is 22.5 Å². The molecular formula is C15H21ClN2OS. The lowest BCUT2D eigenvalue weighted by Gasteiger charge is -2.26. The molecule has 5 heteroatoms. The number of amidine groups is 1. The van der Waals surface area contributed by atoms with E-state index in [-0.39, 0.29) is 5.84 Å². The lowest BCUT2D eigenvalue weighted by molar-refractivity contribution is 0.318. The van der Waals surface area contributed by atoms with Gasteiger partial charge < -0.3 is 10.9 Å². The maximum atomic E-state index is 8.66. The fourth-order valence-electron chi connectivity index (χ4n) is 2.62. The van der Waals surface area contributed by atoms with Crippen LogP contribution >= 0.6 is 23.4 Å². The van der Waals surface area contributed by atoms with E-state index in [1.54, 1.807) is 6.07 Å². The van der Waals surface area contributed by atoms with Crippen LogP contribution in [0.4, 0.5) is 0 Å². The average Bonchev–Trinajstić information content (AvgIpc) is 2.45. The highest BCUT2D eigenvalue weighted by Gasteiger charge is 2.19. The summed E-state index contributed by atoms with van der Waals surface area (Å²) in [6.07, 6.45) is 5.33. The zero-order valence-corrected chi connectivity index (χ0v) is 13.3. The number of rotatable bonds is 4. The molecule has 0 bridgehead atoms. The molecular weight excluding hydrogens is 292 g/mol. The number of hydrogen-bond acceptors (Lipinski definition) is 3. The maximum absolute atomic E-state index is 8.66. The van der Waals surface area contributed by atoms with Crippen LogP contribution in [0.1, 0.15) is 43.7 Å². The standard InChI is InChI=1S/C15H21ClN2OS/c1-10-3-2-4-13(7-10)20-9-12-6-5-11(8-14(12)16)15(17)18-19/h5-6,8,10,13,19H,2-4,7,9H2,1H3,(H2,17,18). The molecule has 1 aliphatic carbocycles. The molecule has 1 aliphatic rings. The van der Waals surface area contributed by atoms with Gasteiger partial charge in [-0.15, -0.1) is 0 Å². The summed E-state index contributed by atoms with van der Waals surface area (Å²) in [6, 6.07) is 5.57. The van der Waals surface area contributed by atoms with E-state index in [1.807, 2.05) is 23.9 Å². The van der Waals surface area contributed by atoms with Gasteiger partial charge in [-0.1, -0.05) is 48.7 Å². The Kier molecular flexibility index (Phi) is 5.61. The molecule has 1 saturated carbocycles. The summed E-state index contributed by atoms with van der Waals surface area (Å²) in [5.74, 6) is 1.86. The van der Waals surface area contributed by atoms with Gasteiger partial charge in [0.15, 0.2) is 5.84 Å². The minimum Gasteiger partial charge on any atom is -0.409 e. The molecule has 1 fully saturated rings. The van der Waals surface area contributed by atoms with E-state index in [9.17, 15) is 0 Å². The van der Waals surface area contributed by atoms with Crippen LogP contribution in [0.3, 0.4) is 0 Å². The van der Waals surface area contributed by atoms with Crippen LogP contribution in [0.2, 0.25) is 5.02 Å². The van der Waals surface area contributed by atoms with Crippen LogP contribution in [0.5, 0.6) is 0 Å². The van der Waals surface area contributed by atoms with E-state index in [0.717, 1.165) is 22.5 Å². The maximum Gasteiger partial charge on any atom is 0.170 e. The molecule has 0 radical (unpaired) electrons. The zero-order valence-electron chi connectivity index (χ0n) is 11.7. The molecule has 1 aromatic carbocycles. The second-order valence-corrected chi connectivity index (χ2v) is 7.19. The van der Waals surface area contributed by atoms with Crippen LogP contribution in [-0.4, -0.2) is 16.3 Å². The number of benzene rings is 1. The Morgan fingerprint density at radius 3 is 2.95 bits per heavy atom. The van der Waals surface area contributed by atoms with E-state index in [2.05, 4.69) is 12.1 Å². The Labute approximate surface area is 129 Å². The summed E-state index contributed by atoms with van der Waals surface area (Å²) in [4.78, 5) is 0. The fourth-order valence-corrected chi connectivity index (χ4v) is 4.41. The predicted octanol–water partition coefficient (Wildman–Crippen LogP) is 4.25. The third-order valence-corrected chi connectivity index (χ3v) is 5.55. The summed E-state index contributed by atoms with van der Waals surface area (Å²) < 4.78 is 0. The Morgan fingerprint density at radius 2 is 2.30 bits per heavy atom. The molecule has 1 aromatic rings. The van der Waals surface area contributed by atoms with Crippen molar-refractivity contribution in [1.29, 1.82) is 0 Å². The smallest absolute Gasteiger partial charge is 0.170 e. The van der Waals surface area contributed by atoms with Crippen molar-refractivity contribution in [3.8, 4) is 0 Å². The molecule has 3 N–H and O–H groups in total. The van der Waals surface area contributed by atoms with Crippen LogP contribution in [0, 0.1) is 5.92 Å². The van der Waals surface area contributed by atoms with Crippen molar-refractivity contribution in [1.82, 2.24) is 0 Å². The van der Waals surface area contributed by atoms with Gasteiger partial charge in [-0.2, -0.15) is 11.8 Å². The van der Waals surface area contributed by atoms with Crippen molar-refractivity contribution in [3.05, 3.63) is 34.3 Å².